The lowest BCUT2D eigenvalue weighted by Gasteiger charge is -2.23. The maximum Gasteiger partial charge on any atom is 0.167 e. The van der Waals surface area contributed by atoms with Crippen LogP contribution in [0.4, 0.5) is 0 Å². The SMILES string of the molecule is C=CC1(C)CC[C@@H]([C@H]2O[C@@H](C(=C)C)CC2=O)O1. The zero-order valence-electron chi connectivity index (χ0n) is 10.6. The van der Waals surface area contributed by atoms with E-state index >= 15 is 0 Å². The van der Waals surface area contributed by atoms with Crippen LogP contribution in [0.2, 0.25) is 0 Å². The molecule has 0 spiro atoms. The Morgan fingerprint density at radius 3 is 2.76 bits per heavy atom. The highest BCUT2D eigenvalue weighted by Gasteiger charge is 2.45. The van der Waals surface area contributed by atoms with Gasteiger partial charge in [0, 0.05) is 6.42 Å². The first-order valence-electron chi connectivity index (χ1n) is 6.10. The minimum Gasteiger partial charge on any atom is -0.365 e. The first-order chi connectivity index (χ1) is 7.95. The van der Waals surface area contributed by atoms with Crippen LogP contribution in [0.15, 0.2) is 24.8 Å². The Morgan fingerprint density at radius 2 is 2.29 bits per heavy atom. The standard InChI is InChI=1S/C14H20O3/c1-5-14(4)7-6-11(17-14)13-10(15)8-12(16-13)9(2)3/h5,11-13H,1-2,6-8H2,3-4H3/t11-,12+,13-,14?/m0/s1. The van der Waals surface area contributed by atoms with Crippen molar-refractivity contribution in [2.75, 3.05) is 0 Å². The molecule has 3 nitrogen and oxygen atoms in total. The summed E-state index contributed by atoms with van der Waals surface area (Å²) in [6, 6.07) is 0. The van der Waals surface area contributed by atoms with Crippen molar-refractivity contribution in [3.8, 4) is 0 Å². The number of hydrogen-bond acceptors (Lipinski definition) is 3. The van der Waals surface area contributed by atoms with Gasteiger partial charge in [-0.1, -0.05) is 18.2 Å². The van der Waals surface area contributed by atoms with E-state index in [9.17, 15) is 4.79 Å². The molecule has 2 fully saturated rings. The molecule has 0 aromatic carbocycles. The van der Waals surface area contributed by atoms with Crippen LogP contribution in [0.1, 0.15) is 33.1 Å². The van der Waals surface area contributed by atoms with Crippen LogP contribution in [0.25, 0.3) is 0 Å². The molecule has 0 saturated carbocycles. The van der Waals surface area contributed by atoms with Crippen molar-refractivity contribution in [2.45, 2.75) is 57.0 Å². The van der Waals surface area contributed by atoms with Gasteiger partial charge in [0.15, 0.2) is 5.78 Å². The van der Waals surface area contributed by atoms with Gasteiger partial charge in [0.2, 0.25) is 0 Å². The molecule has 94 valence electrons. The van der Waals surface area contributed by atoms with Crippen molar-refractivity contribution < 1.29 is 14.3 Å². The van der Waals surface area contributed by atoms with Crippen LogP contribution >= 0.6 is 0 Å². The fourth-order valence-corrected chi connectivity index (χ4v) is 2.44. The van der Waals surface area contributed by atoms with E-state index in [1.165, 1.54) is 0 Å². The lowest BCUT2D eigenvalue weighted by Crippen LogP contribution is -2.34. The van der Waals surface area contributed by atoms with Gasteiger partial charge in [0.1, 0.15) is 6.10 Å². The fourth-order valence-electron chi connectivity index (χ4n) is 2.44. The topological polar surface area (TPSA) is 35.5 Å². The van der Waals surface area contributed by atoms with Crippen molar-refractivity contribution in [1.29, 1.82) is 0 Å². The van der Waals surface area contributed by atoms with E-state index < -0.39 is 6.10 Å². The summed E-state index contributed by atoms with van der Waals surface area (Å²) in [5.74, 6) is 0.135. The smallest absolute Gasteiger partial charge is 0.167 e. The number of rotatable bonds is 3. The molecule has 17 heavy (non-hydrogen) atoms. The van der Waals surface area contributed by atoms with E-state index in [1.807, 2.05) is 19.9 Å². The molecule has 0 aromatic rings. The third-order valence-corrected chi connectivity index (χ3v) is 3.68. The third-order valence-electron chi connectivity index (χ3n) is 3.68. The molecule has 0 aliphatic carbocycles. The van der Waals surface area contributed by atoms with E-state index in [-0.39, 0.29) is 23.6 Å². The van der Waals surface area contributed by atoms with Crippen molar-refractivity contribution in [2.24, 2.45) is 0 Å². The first-order valence-corrected chi connectivity index (χ1v) is 6.10. The Bertz CT molecular complexity index is 360. The lowest BCUT2D eigenvalue weighted by atomic mass is 10.0. The Kier molecular flexibility index (Phi) is 3.23. The highest BCUT2D eigenvalue weighted by atomic mass is 16.6. The third kappa shape index (κ3) is 2.35. The van der Waals surface area contributed by atoms with Crippen molar-refractivity contribution in [1.82, 2.24) is 0 Å². The molecule has 3 heteroatoms. The monoisotopic (exact) mass is 236 g/mol. The van der Waals surface area contributed by atoms with E-state index in [0.29, 0.717) is 6.42 Å². The molecule has 1 unspecified atom stereocenters. The summed E-state index contributed by atoms with van der Waals surface area (Å²) in [4.78, 5) is 11.9. The van der Waals surface area contributed by atoms with Gasteiger partial charge in [-0.2, -0.15) is 0 Å². The maximum absolute atomic E-state index is 11.9. The van der Waals surface area contributed by atoms with Crippen LogP contribution in [0, 0.1) is 0 Å². The second-order valence-electron chi connectivity index (χ2n) is 5.27. The quantitative estimate of drug-likeness (QED) is 0.706. The van der Waals surface area contributed by atoms with E-state index in [1.54, 1.807) is 0 Å². The zero-order valence-corrected chi connectivity index (χ0v) is 10.6. The van der Waals surface area contributed by atoms with Gasteiger partial charge < -0.3 is 9.47 Å². The van der Waals surface area contributed by atoms with E-state index in [0.717, 1.165) is 18.4 Å². The van der Waals surface area contributed by atoms with Gasteiger partial charge in [-0.3, -0.25) is 4.79 Å². The zero-order chi connectivity index (χ0) is 12.6. The molecule has 2 heterocycles. The van der Waals surface area contributed by atoms with Gasteiger partial charge >= 0.3 is 0 Å². The van der Waals surface area contributed by atoms with Crippen molar-refractivity contribution in [3.63, 3.8) is 0 Å². The molecule has 0 radical (unpaired) electrons. The van der Waals surface area contributed by atoms with Crippen LogP contribution < -0.4 is 0 Å². The largest absolute Gasteiger partial charge is 0.365 e. The predicted octanol–water partition coefficient (Wildman–Crippen LogP) is 2.41. The maximum atomic E-state index is 11.9. The highest BCUT2D eigenvalue weighted by Crippen LogP contribution is 2.36. The molecular formula is C14H20O3. The predicted molar refractivity (Wildman–Crippen MR) is 65.8 cm³/mol. The molecule has 0 amide bonds. The van der Waals surface area contributed by atoms with Gasteiger partial charge in [0.25, 0.3) is 0 Å². The molecule has 0 N–H and O–H groups in total. The Labute approximate surface area is 102 Å². The Hall–Kier alpha value is -0.930. The molecule has 2 saturated heterocycles. The molecule has 0 bridgehead atoms. The second-order valence-corrected chi connectivity index (χ2v) is 5.27. The fraction of sp³-hybridized carbons (Fsp3) is 0.643. The lowest BCUT2D eigenvalue weighted by molar-refractivity contribution is -0.132. The van der Waals surface area contributed by atoms with Crippen molar-refractivity contribution >= 4 is 5.78 Å². The number of Topliss-reactive ketones (excluding diaryl/α,β-unsaturated/α-hetero) is 1. The van der Waals surface area contributed by atoms with Gasteiger partial charge in [0.05, 0.1) is 17.8 Å². The molecular weight excluding hydrogens is 216 g/mol. The summed E-state index contributed by atoms with van der Waals surface area (Å²) in [5, 5.41) is 0. The van der Waals surface area contributed by atoms with Crippen molar-refractivity contribution in [3.05, 3.63) is 24.8 Å². The number of carbonyl (C=O) groups is 1. The summed E-state index contributed by atoms with van der Waals surface area (Å²) in [7, 11) is 0. The van der Waals surface area contributed by atoms with Crippen LogP contribution in [-0.2, 0) is 14.3 Å². The number of ketones is 1. The molecule has 2 rings (SSSR count). The minimum atomic E-state index is -0.418. The summed E-state index contributed by atoms with van der Waals surface area (Å²) < 4.78 is 11.6. The van der Waals surface area contributed by atoms with Crippen LogP contribution in [0.3, 0.4) is 0 Å². The average molecular weight is 236 g/mol. The first kappa shape index (κ1) is 12.5. The van der Waals surface area contributed by atoms with Gasteiger partial charge in [-0.15, -0.1) is 6.58 Å². The minimum absolute atomic E-state index is 0.130. The average Bonchev–Trinajstić information content (AvgIpc) is 2.83. The van der Waals surface area contributed by atoms with E-state index in [2.05, 4.69) is 13.2 Å². The van der Waals surface area contributed by atoms with E-state index in [4.69, 9.17) is 9.47 Å². The molecule has 4 atom stereocenters. The normalized spacial score (nSPS) is 41.8. The Balaban J connectivity index is 2.03. The number of hydrogen-bond donors (Lipinski definition) is 0. The van der Waals surface area contributed by atoms with Crippen LogP contribution in [-0.4, -0.2) is 29.7 Å². The summed E-state index contributed by atoms with van der Waals surface area (Å²) in [6.07, 6.45) is 3.31. The van der Waals surface area contributed by atoms with Crippen LogP contribution in [0.5, 0.6) is 0 Å². The summed E-state index contributed by atoms with van der Waals surface area (Å²) >= 11 is 0. The number of carbonyl (C=O) groups excluding carboxylic acids is 1. The van der Waals surface area contributed by atoms with Gasteiger partial charge in [-0.25, -0.2) is 0 Å². The molecule has 0 aromatic heterocycles. The molecule has 2 aliphatic rings. The Morgan fingerprint density at radius 1 is 1.59 bits per heavy atom. The van der Waals surface area contributed by atoms with Gasteiger partial charge in [-0.05, 0) is 26.7 Å². The summed E-state index contributed by atoms with van der Waals surface area (Å²) in [6.45, 7) is 11.5. The molecule has 2 aliphatic heterocycles. The summed E-state index contributed by atoms with van der Waals surface area (Å²) in [5.41, 5.74) is 0.598. The second kappa shape index (κ2) is 4.39. The number of ether oxygens (including phenoxy) is 2. The highest BCUT2D eigenvalue weighted by molar-refractivity contribution is 5.86.